The molecule has 0 fully saturated rings. The van der Waals surface area contributed by atoms with E-state index in [9.17, 15) is 22.8 Å². The van der Waals surface area contributed by atoms with E-state index in [2.05, 4.69) is 25.3 Å². The van der Waals surface area contributed by atoms with Crippen LogP contribution in [-0.2, 0) is 10.9 Å². The van der Waals surface area contributed by atoms with Crippen molar-refractivity contribution in [2.45, 2.75) is 13.1 Å². The minimum absolute atomic E-state index is 0.0195. The second kappa shape index (κ2) is 9.98. The van der Waals surface area contributed by atoms with Gasteiger partial charge in [0.15, 0.2) is 0 Å². The molecule has 1 aliphatic heterocycles. The number of amides is 3. The fourth-order valence-electron chi connectivity index (χ4n) is 3.39. The number of aryl methyl sites for hydroxylation is 1. The molecule has 3 aromatic rings. The van der Waals surface area contributed by atoms with E-state index in [1.807, 2.05) is 0 Å². The van der Waals surface area contributed by atoms with Crippen LogP contribution in [-0.4, -0.2) is 42.4 Å². The lowest BCUT2D eigenvalue weighted by atomic mass is 10.1. The summed E-state index contributed by atoms with van der Waals surface area (Å²) in [6.45, 7) is 1.70. The smallest absolute Gasteiger partial charge is 0.416 e. The first-order chi connectivity index (χ1) is 17.1. The predicted molar refractivity (Wildman–Crippen MR) is 123 cm³/mol. The van der Waals surface area contributed by atoms with Crippen LogP contribution < -0.4 is 25.0 Å². The van der Waals surface area contributed by atoms with Gasteiger partial charge >= 0.3 is 18.3 Å². The number of carbonyl (C=O) groups is 2. The van der Waals surface area contributed by atoms with Crippen molar-refractivity contribution in [1.82, 2.24) is 9.97 Å². The van der Waals surface area contributed by atoms with Crippen LogP contribution in [0.1, 0.15) is 11.1 Å². The number of methoxy groups -OCH3 is 1. The molecular formula is C23H20F3N5O5. The van der Waals surface area contributed by atoms with Crippen molar-refractivity contribution in [2.75, 3.05) is 35.8 Å². The second-order valence-corrected chi connectivity index (χ2v) is 7.52. The number of urea groups is 1. The topological polar surface area (TPSA) is 115 Å². The third kappa shape index (κ3) is 5.56. The highest BCUT2D eigenvalue weighted by molar-refractivity contribution is 6.03. The van der Waals surface area contributed by atoms with Crippen LogP contribution in [0, 0.1) is 6.92 Å². The molecule has 0 aliphatic carbocycles. The number of halogens is 3. The minimum atomic E-state index is -4.54. The molecule has 4 rings (SSSR count). The van der Waals surface area contributed by atoms with E-state index in [-0.39, 0.29) is 36.2 Å². The van der Waals surface area contributed by atoms with E-state index in [0.717, 1.165) is 6.07 Å². The van der Waals surface area contributed by atoms with Crippen LogP contribution >= 0.6 is 0 Å². The van der Waals surface area contributed by atoms with Crippen molar-refractivity contribution in [3.8, 4) is 17.4 Å². The fraction of sp³-hybridized carbons (Fsp3) is 0.217. The van der Waals surface area contributed by atoms with Crippen LogP contribution in [0.3, 0.4) is 0 Å². The van der Waals surface area contributed by atoms with Crippen LogP contribution in [0.25, 0.3) is 0 Å². The monoisotopic (exact) mass is 503 g/mol. The van der Waals surface area contributed by atoms with Gasteiger partial charge in [0.25, 0.3) is 0 Å². The summed E-state index contributed by atoms with van der Waals surface area (Å²) in [5.41, 5.74) is -0.336. The zero-order chi connectivity index (χ0) is 25.9. The first kappa shape index (κ1) is 24.6. The summed E-state index contributed by atoms with van der Waals surface area (Å²) >= 11 is 0. The Morgan fingerprint density at radius 2 is 1.92 bits per heavy atom. The Balaban J connectivity index is 1.50. The summed E-state index contributed by atoms with van der Waals surface area (Å²) < 4.78 is 55.5. The Morgan fingerprint density at radius 3 is 2.67 bits per heavy atom. The number of ether oxygens (including phenoxy) is 3. The number of nitrogens with zero attached hydrogens (tertiary/aromatic N) is 3. The van der Waals surface area contributed by atoms with Gasteiger partial charge in [-0.25, -0.2) is 14.6 Å². The van der Waals surface area contributed by atoms with Crippen molar-refractivity contribution in [2.24, 2.45) is 0 Å². The normalized spacial score (nSPS) is 12.8. The third-order valence-electron chi connectivity index (χ3n) is 5.09. The summed E-state index contributed by atoms with van der Waals surface area (Å²) in [4.78, 5) is 33.5. The molecule has 10 nitrogen and oxygen atoms in total. The summed E-state index contributed by atoms with van der Waals surface area (Å²) in [6, 6.07) is 9.15. The van der Waals surface area contributed by atoms with Crippen LogP contribution in [0.4, 0.5) is 40.1 Å². The zero-order valence-electron chi connectivity index (χ0n) is 19.0. The Bertz CT molecular complexity index is 1300. The highest BCUT2D eigenvalue weighted by atomic mass is 19.4. The number of hydrogen-bond donors (Lipinski definition) is 2. The van der Waals surface area contributed by atoms with Gasteiger partial charge in [-0.2, -0.15) is 18.2 Å². The molecule has 2 aromatic carbocycles. The first-order valence-corrected chi connectivity index (χ1v) is 10.5. The zero-order valence-corrected chi connectivity index (χ0v) is 19.0. The number of nitrogens with one attached hydrogen (secondary N) is 2. The highest BCUT2D eigenvalue weighted by Crippen LogP contribution is 2.37. The Morgan fingerprint density at radius 1 is 1.11 bits per heavy atom. The van der Waals surface area contributed by atoms with Gasteiger partial charge in [0.2, 0.25) is 11.8 Å². The Hall–Kier alpha value is -4.55. The molecule has 0 spiro atoms. The number of alkyl halides is 3. The molecule has 2 N–H and O–H groups in total. The largest absolute Gasteiger partial charge is 0.489 e. The van der Waals surface area contributed by atoms with Crippen molar-refractivity contribution in [3.05, 3.63) is 59.8 Å². The van der Waals surface area contributed by atoms with E-state index in [1.54, 1.807) is 12.1 Å². The molecule has 0 bridgehead atoms. The summed E-state index contributed by atoms with van der Waals surface area (Å²) in [5, 5.41) is 4.83. The van der Waals surface area contributed by atoms with Gasteiger partial charge in [-0.3, -0.25) is 10.2 Å². The van der Waals surface area contributed by atoms with Gasteiger partial charge in [-0.1, -0.05) is 6.07 Å². The van der Waals surface area contributed by atoms with Gasteiger partial charge in [-0.05, 0) is 36.8 Å². The van der Waals surface area contributed by atoms with Gasteiger partial charge in [0.05, 0.1) is 24.9 Å². The average molecular weight is 503 g/mol. The number of aromatic nitrogens is 2. The van der Waals surface area contributed by atoms with Gasteiger partial charge in [0, 0.05) is 24.0 Å². The van der Waals surface area contributed by atoms with E-state index in [4.69, 9.17) is 9.47 Å². The lowest BCUT2D eigenvalue weighted by Gasteiger charge is -2.30. The van der Waals surface area contributed by atoms with Gasteiger partial charge < -0.3 is 19.5 Å². The van der Waals surface area contributed by atoms with E-state index >= 15 is 0 Å². The summed E-state index contributed by atoms with van der Waals surface area (Å²) in [7, 11) is 1.20. The van der Waals surface area contributed by atoms with Crippen molar-refractivity contribution < 1.29 is 37.0 Å². The molecule has 0 atom stereocenters. The highest BCUT2D eigenvalue weighted by Gasteiger charge is 2.33. The molecule has 188 valence electrons. The van der Waals surface area contributed by atoms with Gasteiger partial charge in [0.1, 0.15) is 18.1 Å². The molecule has 0 saturated carbocycles. The maximum absolute atomic E-state index is 13.2. The number of fused-ring (bicyclic) bond motifs is 1. The third-order valence-corrected chi connectivity index (χ3v) is 5.09. The summed E-state index contributed by atoms with van der Waals surface area (Å²) in [6.07, 6.45) is -3.90. The lowest BCUT2D eigenvalue weighted by molar-refractivity contribution is -0.138. The van der Waals surface area contributed by atoms with E-state index in [0.29, 0.717) is 17.2 Å². The molecule has 13 heteroatoms. The number of anilines is 3. The van der Waals surface area contributed by atoms with E-state index < -0.39 is 23.9 Å². The number of benzene rings is 2. The van der Waals surface area contributed by atoms with Crippen molar-refractivity contribution in [1.29, 1.82) is 0 Å². The molecule has 0 saturated heterocycles. The van der Waals surface area contributed by atoms with Crippen LogP contribution in [0.15, 0.2) is 48.7 Å². The maximum Gasteiger partial charge on any atom is 0.416 e. The lowest BCUT2D eigenvalue weighted by Crippen LogP contribution is -2.40. The molecule has 0 radical (unpaired) electrons. The maximum atomic E-state index is 13.2. The number of carbonyl (C=O) groups excluding carboxylic acids is 2. The second-order valence-electron chi connectivity index (χ2n) is 7.52. The van der Waals surface area contributed by atoms with Crippen molar-refractivity contribution >= 4 is 29.4 Å². The number of hydrogen-bond acceptors (Lipinski definition) is 7. The quantitative estimate of drug-likeness (QED) is 0.503. The molecule has 1 aromatic heterocycles. The molecule has 3 amide bonds. The fourth-order valence-corrected chi connectivity index (χ4v) is 3.39. The Kier molecular flexibility index (Phi) is 6.81. The predicted octanol–water partition coefficient (Wildman–Crippen LogP) is 5.21. The Labute approximate surface area is 203 Å². The van der Waals surface area contributed by atoms with Crippen LogP contribution in [0.5, 0.6) is 17.4 Å². The molecule has 1 aliphatic rings. The van der Waals surface area contributed by atoms with Crippen LogP contribution in [0.2, 0.25) is 0 Å². The summed E-state index contributed by atoms with van der Waals surface area (Å²) in [5.74, 6) is 0.755. The molecule has 0 unspecified atom stereocenters. The van der Waals surface area contributed by atoms with E-state index in [1.165, 1.54) is 49.4 Å². The average Bonchev–Trinajstić information content (AvgIpc) is 2.84. The minimum Gasteiger partial charge on any atom is -0.489 e. The molecule has 36 heavy (non-hydrogen) atoms. The molecule has 2 heterocycles. The SMILES string of the molecule is COC(=O)Nc1nccc(Oc2ccc3c(c2)OCCN3C(=O)Nc2ccc(C)c(C(F)(F)F)c2)n1. The standard InChI is InChI=1S/C23H20F3N5O5/c1-13-3-4-14(11-16(13)23(24,25)26)28-21(32)31-9-10-35-18-12-15(5-6-17(18)31)36-19-7-8-27-20(29-19)30-22(33)34-2/h3-8,11-12H,9-10H2,1-2H3,(H,28,32)(H,27,29,30,33). The van der Waals surface area contributed by atoms with Gasteiger partial charge in [-0.15, -0.1) is 0 Å². The van der Waals surface area contributed by atoms with Crippen molar-refractivity contribution in [3.63, 3.8) is 0 Å². The first-order valence-electron chi connectivity index (χ1n) is 10.5. The number of rotatable bonds is 4. The molecular weight excluding hydrogens is 483 g/mol.